The monoisotopic (exact) mass is 409 g/mol. The van der Waals surface area contributed by atoms with Crippen LogP contribution >= 0.6 is 0 Å². The Morgan fingerprint density at radius 3 is 2.66 bits per heavy atom. The summed E-state index contributed by atoms with van der Waals surface area (Å²) in [7, 11) is 0. The number of benzene rings is 1. The first kappa shape index (κ1) is 23.8. The second-order valence-corrected chi connectivity index (χ2v) is 7.73. The van der Waals surface area contributed by atoms with Gasteiger partial charge in [-0.3, -0.25) is 4.79 Å². The van der Waals surface area contributed by atoms with Gasteiger partial charge in [-0.15, -0.1) is 0 Å². The molecule has 1 amide bonds. The highest BCUT2D eigenvalue weighted by Crippen LogP contribution is 2.29. The van der Waals surface area contributed by atoms with Crippen LogP contribution < -0.4 is 5.32 Å². The van der Waals surface area contributed by atoms with Crippen LogP contribution in [-0.2, 0) is 25.4 Å². The van der Waals surface area contributed by atoms with Crippen LogP contribution in [0.1, 0.15) is 39.2 Å². The molecule has 1 saturated heterocycles. The van der Waals surface area contributed by atoms with Crippen LogP contribution in [0.4, 0.5) is 0 Å². The van der Waals surface area contributed by atoms with E-state index in [0.29, 0.717) is 6.61 Å². The summed E-state index contributed by atoms with van der Waals surface area (Å²) < 4.78 is 17.2. The highest BCUT2D eigenvalue weighted by molar-refractivity contribution is 5.77. The van der Waals surface area contributed by atoms with Gasteiger partial charge < -0.3 is 29.7 Å². The van der Waals surface area contributed by atoms with E-state index in [1.54, 1.807) is 0 Å². The number of hydrogen-bond donors (Lipinski definition) is 3. The van der Waals surface area contributed by atoms with Gasteiger partial charge in [-0.2, -0.15) is 0 Å². The lowest BCUT2D eigenvalue weighted by Crippen LogP contribution is -2.57. The summed E-state index contributed by atoms with van der Waals surface area (Å²) in [5.41, 5.74) is 1.15. The van der Waals surface area contributed by atoms with E-state index in [4.69, 9.17) is 14.2 Å². The first-order chi connectivity index (χ1) is 14.0. The maximum Gasteiger partial charge on any atom is 0.246 e. The summed E-state index contributed by atoms with van der Waals surface area (Å²) in [6, 6.07) is 9.90. The molecule has 3 N–H and O–H groups in total. The Labute approximate surface area is 173 Å². The van der Waals surface area contributed by atoms with E-state index < -0.39 is 24.6 Å². The first-order valence-electron chi connectivity index (χ1n) is 10.5. The molecule has 0 saturated carbocycles. The molecular weight excluding hydrogens is 374 g/mol. The van der Waals surface area contributed by atoms with Gasteiger partial charge in [0.2, 0.25) is 5.91 Å². The van der Waals surface area contributed by atoms with Crippen molar-refractivity contribution in [2.24, 2.45) is 5.92 Å². The SMILES string of the molecule is CCCCO[C@H]1OC(CO)[C@@H](O)[C@H](OCC(=O)N[C@@H](C)Cc2ccccc2)C1C. The van der Waals surface area contributed by atoms with Crippen molar-refractivity contribution in [1.29, 1.82) is 0 Å². The molecule has 7 heteroatoms. The number of amides is 1. The number of aliphatic hydroxyl groups is 2. The Kier molecular flexibility index (Phi) is 10.0. The van der Waals surface area contributed by atoms with Gasteiger partial charge in [0.05, 0.1) is 12.7 Å². The smallest absolute Gasteiger partial charge is 0.246 e. The van der Waals surface area contributed by atoms with E-state index >= 15 is 0 Å². The lowest BCUT2D eigenvalue weighted by Gasteiger charge is -2.42. The number of aliphatic hydroxyl groups excluding tert-OH is 2. The minimum absolute atomic E-state index is 0.0409. The van der Waals surface area contributed by atoms with Crippen molar-refractivity contribution >= 4 is 5.91 Å². The third-order valence-electron chi connectivity index (χ3n) is 5.13. The summed E-state index contributed by atoms with van der Waals surface area (Å²) >= 11 is 0. The first-order valence-corrected chi connectivity index (χ1v) is 10.5. The third-order valence-corrected chi connectivity index (χ3v) is 5.13. The molecular formula is C22H35NO6. The summed E-state index contributed by atoms with van der Waals surface area (Å²) in [4.78, 5) is 12.3. The molecule has 1 aliphatic heterocycles. The summed E-state index contributed by atoms with van der Waals surface area (Å²) in [6.07, 6.45) is -0.475. The molecule has 29 heavy (non-hydrogen) atoms. The number of hydrogen-bond acceptors (Lipinski definition) is 6. The molecule has 0 radical (unpaired) electrons. The average Bonchev–Trinajstić information content (AvgIpc) is 2.70. The molecule has 0 spiro atoms. The highest BCUT2D eigenvalue weighted by atomic mass is 16.7. The van der Waals surface area contributed by atoms with Crippen LogP contribution in [-0.4, -0.2) is 66.6 Å². The van der Waals surface area contributed by atoms with Gasteiger partial charge in [0.15, 0.2) is 6.29 Å². The van der Waals surface area contributed by atoms with Crippen molar-refractivity contribution in [3.63, 3.8) is 0 Å². The second kappa shape index (κ2) is 12.2. The van der Waals surface area contributed by atoms with Gasteiger partial charge in [-0.1, -0.05) is 50.6 Å². The summed E-state index contributed by atoms with van der Waals surface area (Å²) in [5, 5.41) is 22.9. The zero-order valence-electron chi connectivity index (χ0n) is 17.6. The minimum atomic E-state index is -1.03. The van der Waals surface area contributed by atoms with Crippen molar-refractivity contribution in [2.75, 3.05) is 19.8 Å². The maximum absolute atomic E-state index is 12.3. The third kappa shape index (κ3) is 7.35. The molecule has 0 bridgehead atoms. The van der Waals surface area contributed by atoms with Crippen LogP contribution in [0.15, 0.2) is 30.3 Å². The molecule has 0 aromatic heterocycles. The molecule has 1 aliphatic rings. The Balaban J connectivity index is 1.85. The summed E-state index contributed by atoms with van der Waals surface area (Å²) in [5.74, 6) is -0.525. The van der Waals surface area contributed by atoms with Crippen molar-refractivity contribution in [3.8, 4) is 0 Å². The standard InChI is InChI=1S/C22H35NO6/c1-4-5-11-27-22-16(3)21(20(26)18(13-24)29-22)28-14-19(25)23-15(2)12-17-9-7-6-8-10-17/h6-10,15-16,18,20-22,24,26H,4-5,11-14H2,1-3H3,(H,23,25)/t15-,16?,18?,20+,21+,22-/m0/s1. The highest BCUT2D eigenvalue weighted by Gasteiger charge is 2.44. The van der Waals surface area contributed by atoms with E-state index in [1.165, 1.54) is 0 Å². The largest absolute Gasteiger partial charge is 0.394 e. The van der Waals surface area contributed by atoms with Gasteiger partial charge in [-0.25, -0.2) is 0 Å². The second-order valence-electron chi connectivity index (χ2n) is 7.73. The van der Waals surface area contributed by atoms with Gasteiger partial charge in [0.1, 0.15) is 18.8 Å². The van der Waals surface area contributed by atoms with Gasteiger partial charge in [0, 0.05) is 18.6 Å². The molecule has 2 unspecified atom stereocenters. The van der Waals surface area contributed by atoms with Crippen molar-refractivity contribution in [1.82, 2.24) is 5.32 Å². The Morgan fingerprint density at radius 2 is 2.00 bits per heavy atom. The van der Waals surface area contributed by atoms with Gasteiger partial charge in [-0.05, 0) is 25.3 Å². The molecule has 1 fully saturated rings. The lowest BCUT2D eigenvalue weighted by molar-refractivity contribution is -0.288. The average molecular weight is 410 g/mol. The number of carbonyl (C=O) groups excluding carboxylic acids is 1. The molecule has 164 valence electrons. The zero-order chi connectivity index (χ0) is 21.2. The molecule has 1 aromatic carbocycles. The quantitative estimate of drug-likeness (QED) is 0.481. The predicted octanol–water partition coefficient (Wildman–Crippen LogP) is 1.65. The Hall–Kier alpha value is -1.51. The predicted molar refractivity (Wildman–Crippen MR) is 109 cm³/mol. The number of nitrogens with one attached hydrogen (secondary N) is 1. The molecule has 0 aliphatic carbocycles. The molecule has 6 atom stereocenters. The van der Waals surface area contributed by atoms with Crippen LogP contribution in [0.2, 0.25) is 0 Å². The van der Waals surface area contributed by atoms with Crippen LogP contribution in [0, 0.1) is 5.92 Å². The van der Waals surface area contributed by atoms with E-state index in [-0.39, 0.29) is 31.1 Å². The van der Waals surface area contributed by atoms with Crippen molar-refractivity contribution in [2.45, 2.75) is 70.7 Å². The lowest BCUT2D eigenvalue weighted by atomic mass is 9.92. The Bertz CT molecular complexity index is 598. The molecule has 1 aromatic rings. The topological polar surface area (TPSA) is 97.2 Å². The molecule has 2 rings (SSSR count). The van der Waals surface area contributed by atoms with Crippen LogP contribution in [0.3, 0.4) is 0 Å². The molecule has 1 heterocycles. The minimum Gasteiger partial charge on any atom is -0.394 e. The fraction of sp³-hybridized carbons (Fsp3) is 0.682. The van der Waals surface area contributed by atoms with Crippen molar-refractivity contribution < 1.29 is 29.2 Å². The van der Waals surface area contributed by atoms with Crippen LogP contribution in [0.25, 0.3) is 0 Å². The summed E-state index contributed by atoms with van der Waals surface area (Å²) in [6.45, 7) is 5.87. The number of ether oxygens (including phenoxy) is 3. The Morgan fingerprint density at radius 1 is 1.28 bits per heavy atom. The van der Waals surface area contributed by atoms with Gasteiger partial charge in [0.25, 0.3) is 0 Å². The van der Waals surface area contributed by atoms with Crippen LogP contribution in [0.5, 0.6) is 0 Å². The maximum atomic E-state index is 12.3. The van der Waals surface area contributed by atoms with Gasteiger partial charge >= 0.3 is 0 Å². The normalized spacial score (nSPS) is 28.1. The van der Waals surface area contributed by atoms with E-state index in [9.17, 15) is 15.0 Å². The zero-order valence-corrected chi connectivity index (χ0v) is 17.6. The number of rotatable bonds is 11. The fourth-order valence-electron chi connectivity index (χ4n) is 3.50. The van der Waals surface area contributed by atoms with E-state index in [0.717, 1.165) is 24.8 Å². The fourth-order valence-corrected chi connectivity index (χ4v) is 3.50. The number of unbranched alkanes of at least 4 members (excludes halogenated alkanes) is 1. The molecule has 7 nitrogen and oxygen atoms in total. The van der Waals surface area contributed by atoms with Crippen molar-refractivity contribution in [3.05, 3.63) is 35.9 Å². The van der Waals surface area contributed by atoms with E-state index in [1.807, 2.05) is 44.2 Å². The number of carbonyl (C=O) groups is 1. The van der Waals surface area contributed by atoms with E-state index in [2.05, 4.69) is 12.2 Å².